The molecule has 4 aromatic rings. The summed E-state index contributed by atoms with van der Waals surface area (Å²) in [5, 5.41) is 0. The molecule has 0 bridgehead atoms. The Morgan fingerprint density at radius 3 is 2.58 bits per heavy atom. The second-order valence-electron chi connectivity index (χ2n) is 6.75. The van der Waals surface area contributed by atoms with E-state index in [0.717, 1.165) is 16.9 Å². The first-order valence-electron chi connectivity index (χ1n) is 9.97. The molecule has 0 radical (unpaired) electrons. The van der Waals surface area contributed by atoms with E-state index in [9.17, 15) is 8.42 Å². The summed E-state index contributed by atoms with van der Waals surface area (Å²) < 4.78 is 41.9. The molecule has 0 saturated heterocycles. The minimum atomic E-state index is -3.91. The zero-order valence-electron chi connectivity index (χ0n) is 17.3. The van der Waals surface area contributed by atoms with E-state index in [1.165, 1.54) is 6.07 Å². The van der Waals surface area contributed by atoms with Gasteiger partial charge in [0.2, 0.25) is 0 Å². The summed E-state index contributed by atoms with van der Waals surface area (Å²) in [5.41, 5.74) is 2.80. The maximum Gasteiger partial charge on any atom is 0.265 e. The fraction of sp³-hybridized carbons (Fsp3) is 0.174. The topological polar surface area (TPSA) is 81.9 Å². The van der Waals surface area contributed by atoms with Gasteiger partial charge in [0.05, 0.1) is 18.9 Å². The van der Waals surface area contributed by atoms with E-state index >= 15 is 0 Å². The molecule has 7 nitrogen and oxygen atoms in total. The molecule has 160 valence electrons. The van der Waals surface area contributed by atoms with Gasteiger partial charge in [-0.15, -0.1) is 0 Å². The van der Waals surface area contributed by atoms with E-state index in [1.807, 2.05) is 48.0 Å². The molecule has 0 fully saturated rings. The number of fused-ring (bicyclic) bond motifs is 1. The van der Waals surface area contributed by atoms with E-state index in [2.05, 4.69) is 9.71 Å². The molecule has 2 aromatic carbocycles. The average Bonchev–Trinajstić information content (AvgIpc) is 3.19. The van der Waals surface area contributed by atoms with Crippen LogP contribution in [-0.2, 0) is 10.0 Å². The molecule has 0 atom stereocenters. The monoisotopic (exact) mass is 437 g/mol. The summed E-state index contributed by atoms with van der Waals surface area (Å²) >= 11 is 0. The molecule has 0 amide bonds. The van der Waals surface area contributed by atoms with Gasteiger partial charge in [-0.05, 0) is 50.2 Å². The average molecular weight is 438 g/mol. The second kappa shape index (κ2) is 8.69. The largest absolute Gasteiger partial charge is 0.494 e. The van der Waals surface area contributed by atoms with Crippen LogP contribution < -0.4 is 14.2 Å². The Morgan fingerprint density at radius 2 is 1.81 bits per heavy atom. The standard InChI is InChI=1S/C23H23N3O4S/c1-3-29-19-11-12-21(30-4-2)22(15-19)31(27,28)25-18-9-7-8-17(14-18)20-16-26-13-6-5-10-23(26)24-20/h5-16,25H,3-4H2,1-2H3. The van der Waals surface area contributed by atoms with Crippen molar-refractivity contribution >= 4 is 21.4 Å². The van der Waals surface area contributed by atoms with Gasteiger partial charge in [-0.1, -0.05) is 18.2 Å². The van der Waals surface area contributed by atoms with Crippen LogP contribution in [0.3, 0.4) is 0 Å². The molecule has 31 heavy (non-hydrogen) atoms. The predicted octanol–water partition coefficient (Wildman–Crippen LogP) is 4.60. The Balaban J connectivity index is 1.67. The van der Waals surface area contributed by atoms with Gasteiger partial charge in [0.1, 0.15) is 22.0 Å². The van der Waals surface area contributed by atoms with E-state index in [0.29, 0.717) is 24.7 Å². The fourth-order valence-electron chi connectivity index (χ4n) is 3.26. The van der Waals surface area contributed by atoms with Crippen LogP contribution in [0, 0.1) is 0 Å². The molecule has 0 spiro atoms. The SMILES string of the molecule is CCOc1ccc(OCC)c(S(=O)(=O)Nc2cccc(-c3cn4ccccc4n3)c2)c1. The van der Waals surface area contributed by atoms with Gasteiger partial charge in [-0.25, -0.2) is 13.4 Å². The summed E-state index contributed by atoms with van der Waals surface area (Å²) in [6.45, 7) is 4.42. The first-order chi connectivity index (χ1) is 15.0. The van der Waals surface area contributed by atoms with Gasteiger partial charge in [0.15, 0.2) is 0 Å². The number of rotatable bonds is 8. The summed E-state index contributed by atoms with van der Waals surface area (Å²) in [5.74, 6) is 0.736. The van der Waals surface area contributed by atoms with Gasteiger partial charge < -0.3 is 13.9 Å². The molecule has 0 saturated carbocycles. The van der Waals surface area contributed by atoms with Crippen LogP contribution in [-0.4, -0.2) is 31.0 Å². The number of nitrogens with one attached hydrogen (secondary N) is 1. The number of benzene rings is 2. The van der Waals surface area contributed by atoms with Gasteiger partial charge >= 0.3 is 0 Å². The number of aromatic nitrogens is 2. The van der Waals surface area contributed by atoms with Crippen molar-refractivity contribution in [2.45, 2.75) is 18.7 Å². The van der Waals surface area contributed by atoms with E-state index < -0.39 is 10.0 Å². The molecule has 0 aliphatic heterocycles. The third-order valence-electron chi connectivity index (χ3n) is 4.59. The predicted molar refractivity (Wildman–Crippen MR) is 120 cm³/mol. The van der Waals surface area contributed by atoms with Crippen LogP contribution >= 0.6 is 0 Å². The van der Waals surface area contributed by atoms with Crippen LogP contribution in [0.1, 0.15) is 13.8 Å². The Kier molecular flexibility index (Phi) is 5.81. The summed E-state index contributed by atoms with van der Waals surface area (Å²) in [7, 11) is -3.91. The zero-order valence-corrected chi connectivity index (χ0v) is 18.1. The number of ether oxygens (including phenoxy) is 2. The maximum atomic E-state index is 13.2. The number of hydrogen-bond acceptors (Lipinski definition) is 5. The van der Waals surface area contributed by atoms with Crippen LogP contribution in [0.5, 0.6) is 11.5 Å². The number of pyridine rings is 1. The highest BCUT2D eigenvalue weighted by Crippen LogP contribution is 2.31. The summed E-state index contributed by atoms with van der Waals surface area (Å²) in [6.07, 6.45) is 3.82. The molecule has 0 aliphatic carbocycles. The lowest BCUT2D eigenvalue weighted by molar-refractivity contribution is 0.322. The highest BCUT2D eigenvalue weighted by Gasteiger charge is 2.21. The molecule has 2 heterocycles. The van der Waals surface area contributed by atoms with Crippen LogP contribution in [0.2, 0.25) is 0 Å². The Morgan fingerprint density at radius 1 is 0.968 bits per heavy atom. The first kappa shape index (κ1) is 20.7. The molecule has 2 aromatic heterocycles. The molecule has 8 heteroatoms. The summed E-state index contributed by atoms with van der Waals surface area (Å²) in [4.78, 5) is 4.62. The summed E-state index contributed by atoms with van der Waals surface area (Å²) in [6, 6.07) is 17.7. The Bertz CT molecular complexity index is 1280. The Labute approximate surface area is 181 Å². The van der Waals surface area contributed by atoms with Crippen molar-refractivity contribution in [1.82, 2.24) is 9.38 Å². The van der Waals surface area contributed by atoms with Gasteiger partial charge in [0.25, 0.3) is 10.0 Å². The van der Waals surface area contributed by atoms with Gasteiger partial charge in [-0.3, -0.25) is 4.72 Å². The maximum absolute atomic E-state index is 13.2. The normalized spacial score (nSPS) is 11.4. The lowest BCUT2D eigenvalue weighted by Crippen LogP contribution is -2.15. The third-order valence-corrected chi connectivity index (χ3v) is 5.99. The van der Waals surface area contributed by atoms with E-state index in [-0.39, 0.29) is 10.6 Å². The van der Waals surface area contributed by atoms with Crippen molar-refractivity contribution in [2.24, 2.45) is 0 Å². The van der Waals surface area contributed by atoms with Gasteiger partial charge in [-0.2, -0.15) is 0 Å². The lowest BCUT2D eigenvalue weighted by Gasteiger charge is -2.14. The van der Waals surface area contributed by atoms with Crippen molar-refractivity contribution < 1.29 is 17.9 Å². The fourth-order valence-corrected chi connectivity index (χ4v) is 4.47. The molecular weight excluding hydrogens is 414 g/mol. The minimum Gasteiger partial charge on any atom is -0.494 e. The van der Waals surface area contributed by atoms with Crippen LogP contribution in [0.25, 0.3) is 16.9 Å². The van der Waals surface area contributed by atoms with E-state index in [1.54, 1.807) is 37.3 Å². The number of sulfonamides is 1. The molecule has 1 N–H and O–H groups in total. The van der Waals surface area contributed by atoms with Crippen molar-refractivity contribution in [3.05, 3.63) is 73.1 Å². The quantitative estimate of drug-likeness (QED) is 0.436. The zero-order chi connectivity index (χ0) is 21.8. The van der Waals surface area contributed by atoms with Crippen molar-refractivity contribution in [2.75, 3.05) is 17.9 Å². The third kappa shape index (κ3) is 4.49. The van der Waals surface area contributed by atoms with Gasteiger partial charge in [0, 0.05) is 29.7 Å². The molecule has 0 unspecified atom stereocenters. The Hall–Kier alpha value is -3.52. The molecule has 4 rings (SSSR count). The number of nitrogens with zero attached hydrogens (tertiary/aromatic N) is 2. The minimum absolute atomic E-state index is 0.0263. The van der Waals surface area contributed by atoms with Crippen LogP contribution in [0.15, 0.2) is 78.0 Å². The number of hydrogen-bond donors (Lipinski definition) is 1. The molecular formula is C23H23N3O4S. The van der Waals surface area contributed by atoms with E-state index in [4.69, 9.17) is 9.47 Å². The highest BCUT2D eigenvalue weighted by molar-refractivity contribution is 7.92. The van der Waals surface area contributed by atoms with Crippen molar-refractivity contribution in [1.29, 1.82) is 0 Å². The molecule has 0 aliphatic rings. The first-order valence-corrected chi connectivity index (χ1v) is 11.4. The lowest BCUT2D eigenvalue weighted by atomic mass is 10.1. The van der Waals surface area contributed by atoms with Crippen molar-refractivity contribution in [3.63, 3.8) is 0 Å². The van der Waals surface area contributed by atoms with Crippen LogP contribution in [0.4, 0.5) is 5.69 Å². The highest BCUT2D eigenvalue weighted by atomic mass is 32.2. The van der Waals surface area contributed by atoms with Crippen molar-refractivity contribution in [3.8, 4) is 22.8 Å². The second-order valence-corrected chi connectivity index (χ2v) is 8.40. The smallest absolute Gasteiger partial charge is 0.265 e. The number of anilines is 1. The number of imidazole rings is 1.